The van der Waals surface area contributed by atoms with Gasteiger partial charge in [0.1, 0.15) is 18.0 Å². The minimum Gasteiger partial charge on any atom is -0.457 e. The molecule has 0 unspecified atom stereocenters. The molecule has 0 spiro atoms. The van der Waals surface area contributed by atoms with E-state index in [1.165, 1.54) is 21.9 Å². The quantitative estimate of drug-likeness (QED) is 0.414. The smallest absolute Gasteiger partial charge is 0.410 e. The molecule has 3 heterocycles. The van der Waals surface area contributed by atoms with E-state index in [1.54, 1.807) is 12.2 Å². The lowest BCUT2D eigenvalue weighted by Crippen LogP contribution is -2.48. The second kappa shape index (κ2) is 15.0. The minimum atomic E-state index is -2.20. The molecule has 1 aromatic carbocycles. The highest BCUT2D eigenvalue weighted by molar-refractivity contribution is 5.71. The number of cyclic esters (lactones) is 1. The van der Waals surface area contributed by atoms with E-state index < -0.39 is 37.4 Å². The number of benzene rings is 1. The van der Waals surface area contributed by atoms with Crippen LogP contribution in [-0.4, -0.2) is 105 Å². The zero-order valence-corrected chi connectivity index (χ0v) is 24.8. The summed E-state index contributed by atoms with van der Waals surface area (Å²) in [6.07, 6.45) is 3.33. The van der Waals surface area contributed by atoms with E-state index in [9.17, 15) is 19.1 Å². The summed E-state index contributed by atoms with van der Waals surface area (Å²) in [6.45, 7) is 6.84. The number of carbonyl (C=O) groups excluding carboxylic acids is 2. The predicted octanol–water partition coefficient (Wildman–Crippen LogP) is 4.10. The average Bonchev–Trinajstić information content (AvgIpc) is 2.99. The van der Waals surface area contributed by atoms with Crippen molar-refractivity contribution in [3.8, 4) is 0 Å². The first kappa shape index (κ1) is 27.9. The number of nitrogens with zero attached hydrogens (tertiary/aromatic N) is 3. The summed E-state index contributed by atoms with van der Waals surface area (Å²) in [5.41, 5.74) is 2.08. The Bertz CT molecular complexity index is 1230. The molecule has 4 rings (SSSR count). The van der Waals surface area contributed by atoms with E-state index in [2.05, 4.69) is 4.90 Å². The van der Waals surface area contributed by atoms with E-state index in [0.29, 0.717) is 50.3 Å². The minimum absolute atomic E-state index is 0.160. The molecule has 1 aromatic rings. The molecule has 232 valence electrons. The molecule has 0 aliphatic carbocycles. The summed E-state index contributed by atoms with van der Waals surface area (Å²) in [7, 11) is 0. The number of aliphatic hydroxyl groups excluding tert-OH is 1. The maximum atomic E-state index is 14.7. The fourth-order valence-corrected chi connectivity index (χ4v) is 5.56. The normalized spacial score (nSPS) is 31.1. The molecule has 42 heavy (non-hydrogen) atoms. The van der Waals surface area contributed by atoms with E-state index >= 15 is 0 Å². The molecule has 10 heteroatoms. The number of piperazine rings is 1. The van der Waals surface area contributed by atoms with Gasteiger partial charge in [0.25, 0.3) is 0 Å². The molecule has 3 aliphatic rings. The Morgan fingerprint density at radius 1 is 1.10 bits per heavy atom. The first-order valence-corrected chi connectivity index (χ1v) is 14.9. The standard InChI is InChI=1S/C32H46FN3O6/c1-22-5-7-28(37)21-30(38)42-31(23(2)6-8-29(22)41-32(39)36-11-9-34(4)10-12-36)24(3)17-25-18-26(33)20-27(19-25)35-13-15-40-16-14-35/h6,8,17-20,22-23,28-29,31,37H,5,7,9-16,21H2,1-4H3/b8-6-,24-17+/t22-,23+,28-,29-,31+/m0/s1/i4D3. The van der Waals surface area contributed by atoms with Crippen LogP contribution in [0.25, 0.3) is 6.08 Å². The summed E-state index contributed by atoms with van der Waals surface area (Å²) in [5.74, 6) is -1.40. The molecule has 1 amide bonds. The fraction of sp³-hybridized carbons (Fsp3) is 0.625. The summed E-state index contributed by atoms with van der Waals surface area (Å²) >= 11 is 0. The number of carbonyl (C=O) groups is 2. The number of hydrogen-bond acceptors (Lipinski definition) is 8. The average molecular weight is 591 g/mol. The monoisotopic (exact) mass is 590 g/mol. The molecule has 0 aromatic heterocycles. The van der Waals surface area contributed by atoms with Crippen molar-refractivity contribution in [1.29, 1.82) is 0 Å². The predicted molar refractivity (Wildman–Crippen MR) is 160 cm³/mol. The Kier molecular flexibility index (Phi) is 9.94. The molecule has 3 aliphatic heterocycles. The summed E-state index contributed by atoms with van der Waals surface area (Å²) < 4.78 is 54.7. The van der Waals surface area contributed by atoms with Gasteiger partial charge >= 0.3 is 12.1 Å². The van der Waals surface area contributed by atoms with Gasteiger partial charge in [-0.2, -0.15) is 0 Å². The lowest BCUT2D eigenvalue weighted by molar-refractivity contribution is -0.151. The van der Waals surface area contributed by atoms with Gasteiger partial charge in [0.15, 0.2) is 0 Å². The molecule has 2 saturated heterocycles. The van der Waals surface area contributed by atoms with Crippen molar-refractivity contribution in [2.45, 2.75) is 58.3 Å². The number of morpholine rings is 1. The Morgan fingerprint density at radius 2 is 1.83 bits per heavy atom. The van der Waals surface area contributed by atoms with Crippen molar-refractivity contribution in [2.75, 3.05) is 64.4 Å². The number of amides is 1. The molecule has 9 nitrogen and oxygen atoms in total. The van der Waals surface area contributed by atoms with Crippen molar-refractivity contribution in [1.82, 2.24) is 9.80 Å². The molecule has 0 radical (unpaired) electrons. The number of aliphatic hydroxyl groups is 1. The van der Waals surface area contributed by atoms with Crippen molar-refractivity contribution in [3.63, 3.8) is 0 Å². The van der Waals surface area contributed by atoms with Gasteiger partial charge < -0.3 is 34.0 Å². The van der Waals surface area contributed by atoms with Crippen LogP contribution in [0.15, 0.2) is 35.9 Å². The number of halogens is 1. The van der Waals surface area contributed by atoms with Crippen LogP contribution in [0.5, 0.6) is 0 Å². The highest BCUT2D eigenvalue weighted by Crippen LogP contribution is 2.27. The van der Waals surface area contributed by atoms with Crippen LogP contribution in [0, 0.1) is 17.7 Å². The van der Waals surface area contributed by atoms with E-state index in [-0.39, 0.29) is 50.3 Å². The Morgan fingerprint density at radius 3 is 2.55 bits per heavy atom. The van der Waals surface area contributed by atoms with Crippen molar-refractivity contribution < 1.29 is 37.4 Å². The van der Waals surface area contributed by atoms with Crippen LogP contribution in [0.1, 0.15) is 49.7 Å². The Balaban J connectivity index is 1.53. The Labute approximate surface area is 253 Å². The van der Waals surface area contributed by atoms with Gasteiger partial charge in [-0.15, -0.1) is 0 Å². The van der Waals surface area contributed by atoms with Crippen molar-refractivity contribution >= 4 is 23.8 Å². The van der Waals surface area contributed by atoms with E-state index in [1.807, 2.05) is 32.9 Å². The number of anilines is 1. The van der Waals surface area contributed by atoms with E-state index in [0.717, 1.165) is 5.69 Å². The molecule has 0 saturated carbocycles. The van der Waals surface area contributed by atoms with E-state index in [4.69, 9.17) is 18.3 Å². The lowest BCUT2D eigenvalue weighted by atomic mass is 9.91. The molecular formula is C32H46FN3O6. The van der Waals surface area contributed by atoms with Crippen LogP contribution >= 0.6 is 0 Å². The van der Waals surface area contributed by atoms with Crippen LogP contribution in [0.2, 0.25) is 0 Å². The SMILES string of the molecule is [2H]C([2H])([2H])N1CCN(C(=O)O[C@H]2/C=C\[C@@H](C)[C@H](/C(C)=C/c3cc(F)cc(N4CCOCC4)c3)OC(=O)C[C@@H](O)CC[C@@H]2C)CC1. The highest BCUT2D eigenvalue weighted by Gasteiger charge is 2.29. The summed E-state index contributed by atoms with van der Waals surface area (Å²) in [5, 5.41) is 10.6. The van der Waals surface area contributed by atoms with Crippen LogP contribution < -0.4 is 4.90 Å². The summed E-state index contributed by atoms with van der Waals surface area (Å²) in [4.78, 5) is 30.9. The fourth-order valence-electron chi connectivity index (χ4n) is 5.56. The number of rotatable bonds is 4. The van der Waals surface area contributed by atoms with Crippen molar-refractivity contribution in [2.24, 2.45) is 11.8 Å². The van der Waals surface area contributed by atoms with Crippen molar-refractivity contribution in [3.05, 3.63) is 47.3 Å². The van der Waals surface area contributed by atoms with Gasteiger partial charge in [0.2, 0.25) is 0 Å². The Hall–Kier alpha value is -2.95. The third kappa shape index (κ3) is 9.02. The number of hydrogen-bond donors (Lipinski definition) is 1. The first-order chi connectivity index (χ1) is 21.3. The zero-order valence-electron chi connectivity index (χ0n) is 27.8. The largest absolute Gasteiger partial charge is 0.457 e. The van der Waals surface area contributed by atoms with Gasteiger partial charge in [0.05, 0.1) is 25.7 Å². The van der Waals surface area contributed by atoms with Gasteiger partial charge in [0, 0.05) is 55.0 Å². The third-order valence-corrected chi connectivity index (χ3v) is 8.16. The van der Waals surface area contributed by atoms with Crippen LogP contribution in [0.3, 0.4) is 0 Å². The molecule has 1 N–H and O–H groups in total. The van der Waals surface area contributed by atoms with Gasteiger partial charge in [-0.05, 0) is 68.1 Å². The second-order valence-electron chi connectivity index (χ2n) is 11.6. The topological polar surface area (TPSA) is 91.8 Å². The van der Waals surface area contributed by atoms with Crippen LogP contribution in [0.4, 0.5) is 14.9 Å². The molecular weight excluding hydrogens is 541 g/mol. The van der Waals surface area contributed by atoms with Gasteiger partial charge in [-0.1, -0.05) is 26.0 Å². The maximum Gasteiger partial charge on any atom is 0.410 e. The number of ether oxygens (including phenoxy) is 3. The molecule has 0 bridgehead atoms. The van der Waals surface area contributed by atoms with Gasteiger partial charge in [-0.25, -0.2) is 9.18 Å². The third-order valence-electron chi connectivity index (χ3n) is 8.16. The number of esters is 1. The van der Waals surface area contributed by atoms with Gasteiger partial charge in [-0.3, -0.25) is 4.79 Å². The first-order valence-electron chi connectivity index (χ1n) is 16.4. The molecule has 5 atom stereocenters. The maximum absolute atomic E-state index is 14.7. The highest BCUT2D eigenvalue weighted by atomic mass is 19.1. The lowest BCUT2D eigenvalue weighted by Gasteiger charge is -2.33. The van der Waals surface area contributed by atoms with Crippen LogP contribution in [-0.2, 0) is 19.0 Å². The zero-order chi connectivity index (χ0) is 32.7. The second-order valence-corrected chi connectivity index (χ2v) is 11.6. The number of likely N-dealkylation sites (N-methyl/N-ethyl adjacent to an activating group) is 1. The summed E-state index contributed by atoms with van der Waals surface area (Å²) in [6, 6.07) is 4.83. The molecule has 2 fully saturated rings.